The van der Waals surface area contributed by atoms with Crippen LogP contribution in [0, 0.1) is 0 Å². The SMILES string of the molecule is c1ccc(CNCc2cncc(-c3cc4c(-c5cc6c(N7CCCCC7)ccnc6[nH]5)n[nH]c4cn3)c2)cc1. The Morgan fingerprint density at radius 2 is 1.69 bits per heavy atom. The molecule has 0 spiro atoms. The maximum Gasteiger partial charge on any atom is 0.139 e. The molecule has 8 nitrogen and oxygen atoms in total. The third-order valence-electron chi connectivity index (χ3n) is 7.50. The molecule has 0 amide bonds. The maximum atomic E-state index is 4.71. The van der Waals surface area contributed by atoms with Gasteiger partial charge < -0.3 is 15.2 Å². The van der Waals surface area contributed by atoms with Crippen molar-refractivity contribution in [1.29, 1.82) is 0 Å². The summed E-state index contributed by atoms with van der Waals surface area (Å²) < 4.78 is 0. The zero-order chi connectivity index (χ0) is 26.0. The second-order valence-corrected chi connectivity index (χ2v) is 10.2. The van der Waals surface area contributed by atoms with E-state index in [1.54, 1.807) is 0 Å². The summed E-state index contributed by atoms with van der Waals surface area (Å²) in [7, 11) is 0. The highest BCUT2D eigenvalue weighted by Gasteiger charge is 2.18. The van der Waals surface area contributed by atoms with E-state index < -0.39 is 0 Å². The Labute approximate surface area is 226 Å². The number of rotatable bonds is 7. The molecule has 5 aromatic heterocycles. The molecule has 6 heterocycles. The van der Waals surface area contributed by atoms with Crippen LogP contribution in [0.15, 0.2) is 79.4 Å². The highest BCUT2D eigenvalue weighted by molar-refractivity contribution is 5.99. The van der Waals surface area contributed by atoms with E-state index in [0.29, 0.717) is 0 Å². The largest absolute Gasteiger partial charge is 0.371 e. The van der Waals surface area contributed by atoms with Crippen LogP contribution in [0.2, 0.25) is 0 Å². The Balaban J connectivity index is 1.18. The van der Waals surface area contributed by atoms with Gasteiger partial charge in [0.25, 0.3) is 0 Å². The average molecular weight is 515 g/mol. The minimum atomic E-state index is 0.732. The lowest BCUT2D eigenvalue weighted by atomic mass is 10.1. The summed E-state index contributed by atoms with van der Waals surface area (Å²) in [6.07, 6.45) is 11.3. The molecule has 0 radical (unpaired) electrons. The third kappa shape index (κ3) is 4.75. The first-order valence-corrected chi connectivity index (χ1v) is 13.6. The fourth-order valence-electron chi connectivity index (χ4n) is 5.50. The number of nitrogens with zero attached hydrogens (tertiary/aromatic N) is 5. The minimum Gasteiger partial charge on any atom is -0.371 e. The second-order valence-electron chi connectivity index (χ2n) is 10.2. The number of nitrogens with one attached hydrogen (secondary N) is 3. The quantitative estimate of drug-likeness (QED) is 0.247. The number of fused-ring (bicyclic) bond motifs is 2. The number of anilines is 1. The van der Waals surface area contributed by atoms with Crippen LogP contribution in [0.1, 0.15) is 30.4 Å². The summed E-state index contributed by atoms with van der Waals surface area (Å²) in [6, 6.07) is 19.0. The monoisotopic (exact) mass is 514 g/mol. The lowest BCUT2D eigenvalue weighted by Gasteiger charge is -2.29. The van der Waals surface area contributed by atoms with Crippen molar-refractivity contribution < 1.29 is 0 Å². The number of H-pyrrole nitrogens is 2. The van der Waals surface area contributed by atoms with Gasteiger partial charge in [-0.2, -0.15) is 5.10 Å². The summed E-state index contributed by atoms with van der Waals surface area (Å²) >= 11 is 0. The number of hydrogen-bond donors (Lipinski definition) is 3. The molecule has 7 rings (SSSR count). The van der Waals surface area contributed by atoms with Gasteiger partial charge in [-0.25, -0.2) is 4.98 Å². The lowest BCUT2D eigenvalue weighted by molar-refractivity contribution is 0.579. The number of aromatic nitrogens is 6. The Bertz CT molecular complexity index is 1730. The highest BCUT2D eigenvalue weighted by Crippen LogP contribution is 2.34. The summed E-state index contributed by atoms with van der Waals surface area (Å²) in [5, 5.41) is 13.5. The predicted molar refractivity (Wildman–Crippen MR) is 155 cm³/mol. The highest BCUT2D eigenvalue weighted by atomic mass is 15.1. The van der Waals surface area contributed by atoms with E-state index in [1.807, 2.05) is 30.9 Å². The first-order valence-electron chi connectivity index (χ1n) is 13.6. The third-order valence-corrected chi connectivity index (χ3v) is 7.50. The van der Waals surface area contributed by atoms with Crippen molar-refractivity contribution in [2.75, 3.05) is 18.0 Å². The predicted octanol–water partition coefficient (Wildman–Crippen LogP) is 5.84. The standard InChI is InChI=1S/C31H30N8/c1-3-7-21(8-4-1)16-32-17-22-13-23(19-33-18-22)26-14-24-28(20-35-26)37-38-30(24)27-15-25-29(9-10-34-31(25)36-27)39-11-5-2-6-12-39/h1,3-4,7-10,13-15,18-20,32H,2,5-6,11-12,16-17H2,(H,34,36)(H,37,38). The van der Waals surface area contributed by atoms with Gasteiger partial charge in [0, 0.05) is 66.8 Å². The number of hydrogen-bond acceptors (Lipinski definition) is 6. The van der Waals surface area contributed by atoms with Crippen molar-refractivity contribution >= 4 is 27.6 Å². The normalized spacial score (nSPS) is 13.9. The second kappa shape index (κ2) is 10.3. The number of benzene rings is 1. The van der Waals surface area contributed by atoms with Gasteiger partial charge in [-0.3, -0.25) is 15.1 Å². The molecule has 0 saturated carbocycles. The van der Waals surface area contributed by atoms with Gasteiger partial charge in [0.05, 0.1) is 23.1 Å². The molecule has 0 atom stereocenters. The van der Waals surface area contributed by atoms with Crippen LogP contribution in [0.4, 0.5) is 5.69 Å². The van der Waals surface area contributed by atoms with Crippen LogP contribution in [-0.4, -0.2) is 43.2 Å². The summed E-state index contributed by atoms with van der Waals surface area (Å²) in [5.41, 5.74) is 9.06. The van der Waals surface area contributed by atoms with Gasteiger partial charge in [0.2, 0.25) is 0 Å². The molecule has 39 heavy (non-hydrogen) atoms. The molecule has 0 bridgehead atoms. The maximum absolute atomic E-state index is 4.71. The van der Waals surface area contributed by atoms with Gasteiger partial charge in [0.1, 0.15) is 11.3 Å². The Morgan fingerprint density at radius 1 is 0.821 bits per heavy atom. The van der Waals surface area contributed by atoms with Gasteiger partial charge in [-0.15, -0.1) is 0 Å². The fourth-order valence-corrected chi connectivity index (χ4v) is 5.50. The van der Waals surface area contributed by atoms with Gasteiger partial charge in [0.15, 0.2) is 0 Å². The van der Waals surface area contributed by atoms with E-state index in [9.17, 15) is 0 Å². The molecule has 0 aliphatic carbocycles. The molecule has 6 aromatic rings. The Morgan fingerprint density at radius 3 is 2.59 bits per heavy atom. The zero-order valence-electron chi connectivity index (χ0n) is 21.7. The zero-order valence-corrected chi connectivity index (χ0v) is 21.7. The van der Waals surface area contributed by atoms with Gasteiger partial charge in [-0.1, -0.05) is 30.3 Å². The van der Waals surface area contributed by atoms with E-state index in [1.165, 1.54) is 30.5 Å². The van der Waals surface area contributed by atoms with E-state index in [0.717, 1.165) is 76.3 Å². The molecule has 1 aromatic carbocycles. The average Bonchev–Trinajstić information content (AvgIpc) is 3.62. The van der Waals surface area contributed by atoms with Crippen molar-refractivity contribution in [2.45, 2.75) is 32.4 Å². The number of piperidine rings is 1. The van der Waals surface area contributed by atoms with Crippen molar-refractivity contribution in [2.24, 2.45) is 0 Å². The smallest absolute Gasteiger partial charge is 0.139 e. The number of pyridine rings is 3. The van der Waals surface area contributed by atoms with Crippen LogP contribution in [0.25, 0.3) is 44.6 Å². The lowest BCUT2D eigenvalue weighted by Crippen LogP contribution is -2.29. The Kier molecular flexibility index (Phi) is 6.22. The summed E-state index contributed by atoms with van der Waals surface area (Å²) in [5.74, 6) is 0. The molecule has 1 fully saturated rings. The fraction of sp³-hybridized carbons (Fsp3) is 0.226. The first-order chi connectivity index (χ1) is 19.3. The molecule has 8 heteroatoms. The van der Waals surface area contributed by atoms with E-state index >= 15 is 0 Å². The van der Waals surface area contributed by atoms with Crippen LogP contribution in [-0.2, 0) is 13.1 Å². The molecule has 194 valence electrons. The summed E-state index contributed by atoms with van der Waals surface area (Å²) in [4.78, 5) is 19.8. The summed E-state index contributed by atoms with van der Waals surface area (Å²) in [6.45, 7) is 3.73. The van der Waals surface area contributed by atoms with E-state index in [4.69, 9.17) is 4.98 Å². The topological polar surface area (TPSA) is 98.4 Å². The van der Waals surface area contributed by atoms with Crippen molar-refractivity contribution in [3.63, 3.8) is 0 Å². The van der Waals surface area contributed by atoms with Crippen molar-refractivity contribution in [3.8, 4) is 22.6 Å². The molecular formula is C31H30N8. The van der Waals surface area contributed by atoms with Crippen molar-refractivity contribution in [1.82, 2.24) is 35.5 Å². The molecule has 1 aliphatic rings. The minimum absolute atomic E-state index is 0.732. The van der Waals surface area contributed by atoms with E-state index in [2.05, 4.69) is 83.9 Å². The Hall–Kier alpha value is -4.56. The van der Waals surface area contributed by atoms with E-state index in [-0.39, 0.29) is 0 Å². The molecular weight excluding hydrogens is 484 g/mol. The van der Waals surface area contributed by atoms with Crippen molar-refractivity contribution in [3.05, 3.63) is 90.5 Å². The van der Waals surface area contributed by atoms with Gasteiger partial charge >= 0.3 is 0 Å². The van der Waals surface area contributed by atoms with Gasteiger partial charge in [-0.05, 0) is 54.7 Å². The number of aromatic amines is 2. The van der Waals surface area contributed by atoms with Crippen LogP contribution >= 0.6 is 0 Å². The molecule has 1 aliphatic heterocycles. The first kappa shape index (κ1) is 23.5. The van der Waals surface area contributed by atoms with Crippen LogP contribution in [0.5, 0.6) is 0 Å². The van der Waals surface area contributed by atoms with Crippen LogP contribution in [0.3, 0.4) is 0 Å². The molecule has 0 unspecified atom stereocenters. The van der Waals surface area contributed by atoms with Crippen LogP contribution < -0.4 is 10.2 Å². The molecule has 1 saturated heterocycles. The molecule has 3 N–H and O–H groups in total.